The maximum Gasteiger partial charge on any atom is 0.164 e. The summed E-state index contributed by atoms with van der Waals surface area (Å²) < 4.78 is 13.5. The lowest BCUT2D eigenvalue weighted by atomic mass is 10.00. The molecule has 10 aromatic carbocycles. The highest BCUT2D eigenvalue weighted by Crippen LogP contribution is 2.47. The molecule has 0 saturated carbocycles. The third-order valence-corrected chi connectivity index (χ3v) is 15.2. The number of nitrogens with zero attached hydrogens (tertiary/aromatic N) is 5. The van der Waals surface area contributed by atoms with Crippen LogP contribution in [-0.2, 0) is 0 Å². The Labute approximate surface area is 404 Å². The monoisotopic (exact) mass is 911 g/mol. The Hall–Kier alpha value is -9.17. The summed E-state index contributed by atoms with van der Waals surface area (Å²) in [5, 5.41) is 9.32. The van der Waals surface area contributed by atoms with E-state index in [1.54, 1.807) is 0 Å². The first-order chi connectivity index (χ1) is 34.7. The molecule has 0 bridgehead atoms. The highest BCUT2D eigenvalue weighted by atomic mass is 32.1. The van der Waals surface area contributed by atoms with Gasteiger partial charge in [-0.3, -0.25) is 0 Å². The standard InChI is InChI=1S/C63H37N5OS/c1-4-16-38(17-5-1)61-64-62(39-18-6-2-7-19-39)66-63(65-61)46-30-32-53(60-59(46)45-24-12-15-27-58(45)70-60)68-52-31-28-40(41-29-33-57-50(35-41)44-23-11-14-26-56(44)69-57)34-47(52)49-36-48-43-22-10-13-25-51(43)67(54(48)37-55(49)68)42-20-8-3-9-21-42/h1-37H. The number of para-hydroxylation sites is 3. The topological polar surface area (TPSA) is 61.7 Å². The molecule has 5 heterocycles. The van der Waals surface area contributed by atoms with E-state index in [0.29, 0.717) is 17.5 Å². The first kappa shape index (κ1) is 38.9. The van der Waals surface area contributed by atoms with Crippen molar-refractivity contribution in [2.75, 3.05) is 0 Å². The second kappa shape index (κ2) is 15.2. The summed E-state index contributed by atoms with van der Waals surface area (Å²) in [5.41, 5.74) is 13.7. The number of thiophene rings is 1. The fourth-order valence-electron chi connectivity index (χ4n) is 10.8. The number of hydrogen-bond acceptors (Lipinski definition) is 5. The van der Waals surface area contributed by atoms with Crippen molar-refractivity contribution >= 4 is 97.1 Å². The van der Waals surface area contributed by atoms with Gasteiger partial charge in [0.1, 0.15) is 11.2 Å². The summed E-state index contributed by atoms with van der Waals surface area (Å²) in [7, 11) is 0. The van der Waals surface area contributed by atoms with Crippen LogP contribution in [0.2, 0.25) is 0 Å². The van der Waals surface area contributed by atoms with Crippen LogP contribution in [0.15, 0.2) is 229 Å². The molecule has 0 aliphatic rings. The third-order valence-electron chi connectivity index (χ3n) is 14.0. The quantitative estimate of drug-likeness (QED) is 0.167. The molecule has 0 amide bonds. The minimum absolute atomic E-state index is 0.635. The van der Waals surface area contributed by atoms with Crippen molar-refractivity contribution in [2.24, 2.45) is 0 Å². The first-order valence-electron chi connectivity index (χ1n) is 23.5. The molecule has 70 heavy (non-hydrogen) atoms. The lowest BCUT2D eigenvalue weighted by molar-refractivity contribution is 0.669. The van der Waals surface area contributed by atoms with Gasteiger partial charge in [-0.2, -0.15) is 0 Å². The molecule has 15 aromatic rings. The molecule has 0 N–H and O–H groups in total. The Morgan fingerprint density at radius 2 is 0.900 bits per heavy atom. The van der Waals surface area contributed by atoms with E-state index < -0.39 is 0 Å². The lowest BCUT2D eigenvalue weighted by Gasteiger charge is -2.14. The van der Waals surface area contributed by atoms with Crippen LogP contribution < -0.4 is 0 Å². The van der Waals surface area contributed by atoms with Gasteiger partial charge < -0.3 is 13.6 Å². The third kappa shape index (κ3) is 5.89. The fraction of sp³-hybridized carbons (Fsp3) is 0. The van der Waals surface area contributed by atoms with Gasteiger partial charge in [-0.15, -0.1) is 11.3 Å². The summed E-state index contributed by atoms with van der Waals surface area (Å²) in [6.45, 7) is 0. The Morgan fingerprint density at radius 3 is 1.67 bits per heavy atom. The smallest absolute Gasteiger partial charge is 0.164 e. The molecule has 0 spiro atoms. The van der Waals surface area contributed by atoms with Crippen LogP contribution in [0, 0.1) is 0 Å². The van der Waals surface area contributed by atoms with E-state index in [4.69, 9.17) is 19.4 Å². The van der Waals surface area contributed by atoms with Crippen LogP contribution in [0.3, 0.4) is 0 Å². The van der Waals surface area contributed by atoms with Crippen molar-refractivity contribution in [3.8, 4) is 56.7 Å². The van der Waals surface area contributed by atoms with E-state index >= 15 is 0 Å². The second-order valence-corrected chi connectivity index (χ2v) is 19.0. The molecule has 0 aliphatic carbocycles. The molecule has 0 fully saturated rings. The van der Waals surface area contributed by atoms with Crippen LogP contribution in [0.25, 0.3) is 142 Å². The number of aromatic nitrogens is 5. The zero-order valence-corrected chi connectivity index (χ0v) is 38.2. The molecule has 0 radical (unpaired) electrons. The van der Waals surface area contributed by atoms with Gasteiger partial charge in [0.2, 0.25) is 0 Å². The fourth-order valence-corrected chi connectivity index (χ4v) is 12.0. The maximum atomic E-state index is 6.26. The van der Waals surface area contributed by atoms with Crippen molar-refractivity contribution < 1.29 is 4.42 Å². The van der Waals surface area contributed by atoms with Crippen LogP contribution in [0.1, 0.15) is 0 Å². The van der Waals surface area contributed by atoms with Crippen molar-refractivity contribution in [1.29, 1.82) is 0 Å². The molecule has 6 nitrogen and oxygen atoms in total. The molecule has 5 aromatic heterocycles. The average molecular weight is 912 g/mol. The first-order valence-corrected chi connectivity index (χ1v) is 24.3. The summed E-state index contributed by atoms with van der Waals surface area (Å²) in [4.78, 5) is 15.6. The number of fused-ring (bicyclic) bond motifs is 12. The zero-order valence-electron chi connectivity index (χ0n) is 37.4. The molecule has 0 aliphatic heterocycles. The molecule has 0 atom stereocenters. The largest absolute Gasteiger partial charge is 0.456 e. The van der Waals surface area contributed by atoms with E-state index in [1.807, 2.05) is 59.9 Å². The van der Waals surface area contributed by atoms with Gasteiger partial charge in [-0.05, 0) is 90.0 Å². The van der Waals surface area contributed by atoms with Crippen molar-refractivity contribution in [3.05, 3.63) is 224 Å². The Morgan fingerprint density at radius 1 is 0.343 bits per heavy atom. The van der Waals surface area contributed by atoms with Crippen LogP contribution in [0.4, 0.5) is 0 Å². The Balaban J connectivity index is 1.03. The van der Waals surface area contributed by atoms with Gasteiger partial charge in [0.25, 0.3) is 0 Å². The molecular weight excluding hydrogens is 875 g/mol. The van der Waals surface area contributed by atoms with Gasteiger partial charge in [-0.25, -0.2) is 15.0 Å². The van der Waals surface area contributed by atoms with E-state index in [2.05, 4.69) is 185 Å². The minimum atomic E-state index is 0.635. The zero-order chi connectivity index (χ0) is 45.9. The van der Waals surface area contributed by atoms with Gasteiger partial charge in [0, 0.05) is 70.2 Å². The van der Waals surface area contributed by atoms with E-state index in [9.17, 15) is 0 Å². The minimum Gasteiger partial charge on any atom is -0.456 e. The molecule has 15 rings (SSSR count). The van der Waals surface area contributed by atoms with E-state index in [1.165, 1.54) is 37.1 Å². The predicted octanol–water partition coefficient (Wildman–Crippen LogP) is 17.0. The molecular formula is C63H37N5OS. The highest BCUT2D eigenvalue weighted by Gasteiger charge is 2.24. The van der Waals surface area contributed by atoms with Crippen molar-refractivity contribution in [1.82, 2.24) is 24.1 Å². The number of hydrogen-bond donors (Lipinski definition) is 0. The van der Waals surface area contributed by atoms with Gasteiger partial charge in [-0.1, -0.05) is 146 Å². The van der Waals surface area contributed by atoms with Gasteiger partial charge in [0.15, 0.2) is 17.5 Å². The van der Waals surface area contributed by atoms with Gasteiger partial charge >= 0.3 is 0 Å². The molecule has 326 valence electrons. The average Bonchev–Trinajstić information content (AvgIpc) is 4.18. The molecule has 0 unspecified atom stereocenters. The summed E-state index contributed by atoms with van der Waals surface area (Å²) >= 11 is 1.82. The van der Waals surface area contributed by atoms with Crippen LogP contribution in [0.5, 0.6) is 0 Å². The van der Waals surface area contributed by atoms with E-state index in [0.717, 1.165) is 87.8 Å². The lowest BCUT2D eigenvalue weighted by Crippen LogP contribution is -2.01. The van der Waals surface area contributed by atoms with E-state index in [-0.39, 0.29) is 0 Å². The predicted molar refractivity (Wildman–Crippen MR) is 290 cm³/mol. The molecule has 0 saturated heterocycles. The highest BCUT2D eigenvalue weighted by molar-refractivity contribution is 7.26. The van der Waals surface area contributed by atoms with Crippen LogP contribution in [-0.4, -0.2) is 24.1 Å². The Bertz CT molecular complexity index is 4530. The Kier molecular flexibility index (Phi) is 8.43. The normalized spacial score (nSPS) is 12.0. The number of benzene rings is 10. The maximum absolute atomic E-state index is 6.26. The number of furan rings is 1. The second-order valence-electron chi connectivity index (χ2n) is 17.9. The molecule has 7 heteroatoms. The van der Waals surface area contributed by atoms with Crippen molar-refractivity contribution in [2.45, 2.75) is 0 Å². The van der Waals surface area contributed by atoms with Crippen molar-refractivity contribution in [3.63, 3.8) is 0 Å². The SMILES string of the molecule is c1ccc(-c2nc(-c3ccccc3)nc(-c3ccc(-n4c5ccc(-c6ccc7oc8ccccc8c7c6)cc5c5cc6c7ccccc7n(-c7ccccc7)c6cc54)c4sc5ccccc5c34)n2)cc1. The van der Waals surface area contributed by atoms with Gasteiger partial charge in [0.05, 0.1) is 32.5 Å². The number of rotatable bonds is 6. The van der Waals surface area contributed by atoms with Crippen LogP contribution >= 0.6 is 11.3 Å². The summed E-state index contributed by atoms with van der Waals surface area (Å²) in [6, 6.07) is 79.8. The summed E-state index contributed by atoms with van der Waals surface area (Å²) in [5.74, 6) is 1.91. The summed E-state index contributed by atoms with van der Waals surface area (Å²) in [6.07, 6.45) is 0.